The van der Waals surface area contributed by atoms with Gasteiger partial charge in [-0.15, -0.1) is 0 Å². The van der Waals surface area contributed by atoms with Gasteiger partial charge in [0, 0.05) is 11.8 Å². The van der Waals surface area contributed by atoms with Crippen LogP contribution in [0.15, 0.2) is 17.0 Å². The van der Waals surface area contributed by atoms with Crippen LogP contribution in [0.3, 0.4) is 0 Å². The number of rotatable bonds is 2. The van der Waals surface area contributed by atoms with E-state index < -0.39 is 20.5 Å². The molecule has 100 valence electrons. The molecule has 0 saturated carbocycles. The van der Waals surface area contributed by atoms with Crippen LogP contribution in [-0.2, 0) is 15.4 Å². The van der Waals surface area contributed by atoms with Gasteiger partial charge in [-0.05, 0) is 44.0 Å². The van der Waals surface area contributed by atoms with Crippen molar-refractivity contribution < 1.29 is 12.8 Å². The van der Waals surface area contributed by atoms with E-state index in [-0.39, 0.29) is 10.6 Å². The van der Waals surface area contributed by atoms with Crippen LogP contribution in [0.4, 0.5) is 4.39 Å². The van der Waals surface area contributed by atoms with Gasteiger partial charge < -0.3 is 5.32 Å². The molecule has 18 heavy (non-hydrogen) atoms. The third kappa shape index (κ3) is 2.39. The van der Waals surface area contributed by atoms with Crippen LogP contribution in [0.5, 0.6) is 0 Å². The fourth-order valence-electron chi connectivity index (χ4n) is 2.37. The molecule has 0 bridgehead atoms. The molecule has 3 nitrogen and oxygen atoms in total. The maximum atomic E-state index is 13.9. The van der Waals surface area contributed by atoms with Gasteiger partial charge in [0.05, 0.1) is 5.02 Å². The first-order valence-corrected chi connectivity index (χ1v) is 7.95. The summed E-state index contributed by atoms with van der Waals surface area (Å²) in [4.78, 5) is -0.422. The smallest absolute Gasteiger partial charge is 0.179 e. The average Bonchev–Trinajstić information content (AvgIpc) is 2.63. The number of nitrogens with one attached hydrogen (secondary N) is 1. The summed E-state index contributed by atoms with van der Waals surface area (Å²) in [5.41, 5.74) is 0.357. The van der Waals surface area contributed by atoms with E-state index >= 15 is 0 Å². The van der Waals surface area contributed by atoms with E-state index in [0.717, 1.165) is 25.6 Å². The minimum Gasteiger partial charge on any atom is -0.308 e. The second-order valence-corrected chi connectivity index (χ2v) is 7.26. The molecule has 1 unspecified atom stereocenters. The monoisotopic (exact) mass is 291 g/mol. The van der Waals surface area contributed by atoms with Gasteiger partial charge in [-0.1, -0.05) is 11.6 Å². The summed E-state index contributed by atoms with van der Waals surface area (Å²) in [5.74, 6) is -0.782. The van der Waals surface area contributed by atoms with Gasteiger partial charge in [0.25, 0.3) is 0 Å². The summed E-state index contributed by atoms with van der Waals surface area (Å²) in [5, 5.41) is 3.23. The molecular formula is C12H15ClFNO2S. The molecule has 0 amide bonds. The molecule has 1 N–H and O–H groups in total. The molecule has 1 fully saturated rings. The van der Waals surface area contributed by atoms with Gasteiger partial charge in [0.1, 0.15) is 10.7 Å². The van der Waals surface area contributed by atoms with Crippen molar-refractivity contribution in [2.75, 3.05) is 12.8 Å². The summed E-state index contributed by atoms with van der Waals surface area (Å²) >= 11 is 5.91. The van der Waals surface area contributed by atoms with Crippen molar-refractivity contribution in [2.24, 2.45) is 0 Å². The Bertz CT molecular complexity index is 557. The molecule has 1 aliphatic heterocycles. The van der Waals surface area contributed by atoms with E-state index in [4.69, 9.17) is 11.6 Å². The summed E-state index contributed by atoms with van der Waals surface area (Å²) < 4.78 is 36.8. The van der Waals surface area contributed by atoms with Crippen molar-refractivity contribution in [1.29, 1.82) is 0 Å². The predicted octanol–water partition coefficient (Wildman–Crippen LogP) is 2.48. The maximum Gasteiger partial charge on any atom is 0.179 e. The van der Waals surface area contributed by atoms with Gasteiger partial charge in [-0.2, -0.15) is 0 Å². The Balaban J connectivity index is 2.56. The molecule has 1 aliphatic rings. The number of benzene rings is 1. The molecule has 6 heteroatoms. The lowest BCUT2D eigenvalue weighted by Gasteiger charge is -2.25. The van der Waals surface area contributed by atoms with Crippen molar-refractivity contribution in [3.05, 3.63) is 28.5 Å². The number of halogens is 2. The average molecular weight is 292 g/mol. The highest BCUT2D eigenvalue weighted by atomic mass is 35.5. The molecule has 1 atom stereocenters. The lowest BCUT2D eigenvalue weighted by molar-refractivity contribution is 0.430. The maximum absolute atomic E-state index is 13.9. The second kappa shape index (κ2) is 4.47. The fourth-order valence-corrected chi connectivity index (χ4v) is 3.83. The quantitative estimate of drug-likeness (QED) is 0.910. The number of hydrogen-bond acceptors (Lipinski definition) is 3. The highest BCUT2D eigenvalue weighted by Crippen LogP contribution is 2.35. The van der Waals surface area contributed by atoms with Crippen molar-refractivity contribution in [2.45, 2.75) is 30.2 Å². The third-order valence-corrected chi connectivity index (χ3v) is 4.94. The first-order valence-electron chi connectivity index (χ1n) is 5.69. The van der Waals surface area contributed by atoms with Crippen LogP contribution in [0.1, 0.15) is 25.3 Å². The second-order valence-electron chi connectivity index (χ2n) is 4.90. The molecule has 0 aliphatic carbocycles. The van der Waals surface area contributed by atoms with E-state index in [1.807, 2.05) is 6.92 Å². The van der Waals surface area contributed by atoms with Crippen molar-refractivity contribution in [3.8, 4) is 0 Å². The largest absolute Gasteiger partial charge is 0.308 e. The molecule has 1 aromatic carbocycles. The Morgan fingerprint density at radius 2 is 2.11 bits per heavy atom. The summed E-state index contributed by atoms with van der Waals surface area (Å²) in [6.45, 7) is 2.83. The van der Waals surface area contributed by atoms with E-state index in [1.54, 1.807) is 6.07 Å². The van der Waals surface area contributed by atoms with Crippen LogP contribution < -0.4 is 5.32 Å². The minimum atomic E-state index is -3.65. The Labute approximate surface area is 111 Å². The molecule has 1 aromatic rings. The minimum absolute atomic E-state index is 0.0533. The zero-order chi connectivity index (χ0) is 13.6. The molecule has 1 heterocycles. The Morgan fingerprint density at radius 1 is 1.44 bits per heavy atom. The summed E-state index contributed by atoms with van der Waals surface area (Å²) in [7, 11) is -3.65. The Morgan fingerprint density at radius 3 is 2.56 bits per heavy atom. The van der Waals surface area contributed by atoms with Crippen LogP contribution in [0.25, 0.3) is 0 Å². The molecule has 0 spiro atoms. The van der Waals surface area contributed by atoms with E-state index in [1.165, 1.54) is 6.07 Å². The Hall–Kier alpha value is -0.650. The standard InChI is InChI=1S/C12H15ClFNO2S/c1-12(4-3-5-15-12)8-6-9(13)11(10(14)7-8)18(2,16)17/h6-7,15H,3-5H2,1-2H3. The zero-order valence-corrected chi connectivity index (χ0v) is 11.8. The molecule has 0 radical (unpaired) electrons. The van der Waals surface area contributed by atoms with Crippen molar-refractivity contribution >= 4 is 21.4 Å². The first kappa shape index (κ1) is 13.8. The number of hydrogen-bond donors (Lipinski definition) is 1. The van der Waals surface area contributed by atoms with Gasteiger partial charge in [0.15, 0.2) is 9.84 Å². The van der Waals surface area contributed by atoms with E-state index in [9.17, 15) is 12.8 Å². The van der Waals surface area contributed by atoms with Gasteiger partial charge in [-0.25, -0.2) is 12.8 Å². The highest BCUT2D eigenvalue weighted by molar-refractivity contribution is 7.90. The zero-order valence-electron chi connectivity index (χ0n) is 10.3. The predicted molar refractivity (Wildman–Crippen MR) is 69.1 cm³/mol. The van der Waals surface area contributed by atoms with Gasteiger partial charge in [-0.3, -0.25) is 0 Å². The molecule has 2 rings (SSSR count). The highest BCUT2D eigenvalue weighted by Gasteiger charge is 2.32. The summed E-state index contributed by atoms with van der Waals surface area (Å²) in [6, 6.07) is 2.81. The molecular weight excluding hydrogens is 277 g/mol. The topological polar surface area (TPSA) is 46.2 Å². The molecule has 0 aromatic heterocycles. The third-order valence-electron chi connectivity index (χ3n) is 3.37. The number of sulfone groups is 1. The van der Waals surface area contributed by atoms with Crippen molar-refractivity contribution in [1.82, 2.24) is 5.32 Å². The lowest BCUT2D eigenvalue weighted by atomic mass is 9.90. The fraction of sp³-hybridized carbons (Fsp3) is 0.500. The van der Waals surface area contributed by atoms with Crippen LogP contribution in [0.2, 0.25) is 5.02 Å². The van der Waals surface area contributed by atoms with E-state index in [0.29, 0.717) is 5.56 Å². The lowest BCUT2D eigenvalue weighted by Crippen LogP contribution is -2.33. The van der Waals surface area contributed by atoms with E-state index in [2.05, 4.69) is 5.32 Å². The molecule has 1 saturated heterocycles. The SMILES string of the molecule is CC1(c2cc(F)c(S(C)(=O)=O)c(Cl)c2)CCCN1. The Kier molecular flexibility index (Phi) is 3.42. The summed E-state index contributed by atoms with van der Waals surface area (Å²) in [6.07, 6.45) is 2.83. The normalized spacial score (nSPS) is 24.4. The van der Waals surface area contributed by atoms with Crippen LogP contribution in [-0.4, -0.2) is 21.2 Å². The van der Waals surface area contributed by atoms with Gasteiger partial charge >= 0.3 is 0 Å². The van der Waals surface area contributed by atoms with Crippen LogP contribution in [0, 0.1) is 5.82 Å². The van der Waals surface area contributed by atoms with Crippen molar-refractivity contribution in [3.63, 3.8) is 0 Å². The van der Waals surface area contributed by atoms with Gasteiger partial charge in [0.2, 0.25) is 0 Å². The first-order chi connectivity index (χ1) is 8.24. The van der Waals surface area contributed by atoms with Crippen LogP contribution >= 0.6 is 11.6 Å².